The lowest BCUT2D eigenvalue weighted by molar-refractivity contribution is 0.194. The smallest absolute Gasteiger partial charge is 0.183 e. The van der Waals surface area contributed by atoms with Crippen LogP contribution in [0.5, 0.6) is 0 Å². The molecule has 2 N–H and O–H groups in total. The molecule has 3 nitrogen and oxygen atoms in total. The highest BCUT2D eigenvalue weighted by Crippen LogP contribution is 1.78. The Morgan fingerprint density at radius 2 is 1.27 bits per heavy atom. The van der Waals surface area contributed by atoms with E-state index in [0.29, 0.717) is 0 Å². The monoisotopic (exact) mass is 238 g/mol. The molecule has 0 radical (unpaired) electrons. The average Bonchev–Trinajstić information content (AvgIpc) is 1.63. The summed E-state index contributed by atoms with van der Waals surface area (Å²) in [5, 5.41) is 16.2. The van der Waals surface area contributed by atoms with E-state index in [1.807, 2.05) is 0 Å². The summed E-state index contributed by atoms with van der Waals surface area (Å²) in [6.07, 6.45) is 0. The van der Waals surface area contributed by atoms with Crippen molar-refractivity contribution < 1.29 is 14.9 Å². The summed E-state index contributed by atoms with van der Waals surface area (Å²) < 4.78 is 4.57. The van der Waals surface area contributed by atoms with E-state index in [0.717, 1.165) is 0 Å². The fraction of sp³-hybridized carbons (Fsp3) is 0.500. The van der Waals surface area contributed by atoms with Crippen molar-refractivity contribution >= 4 is 59.4 Å². The highest BCUT2D eigenvalue weighted by molar-refractivity contribution is 7.80. The van der Waals surface area contributed by atoms with Crippen molar-refractivity contribution in [2.75, 3.05) is 13.2 Å². The van der Waals surface area contributed by atoms with Crippen LogP contribution in [-0.2, 0) is 4.74 Å². The van der Waals surface area contributed by atoms with Gasteiger partial charge in [-0.1, -0.05) is 0 Å². The van der Waals surface area contributed by atoms with Gasteiger partial charge in [0.15, 0.2) is 10.1 Å². The molecule has 0 spiro atoms. The van der Waals surface area contributed by atoms with Gasteiger partial charge in [-0.3, -0.25) is 0 Å². The summed E-state index contributed by atoms with van der Waals surface area (Å²) >= 11 is 8.51. The zero-order chi connectivity index (χ0) is 7.28. The first kappa shape index (κ1) is 17.4. The number of hydrogen-bond acceptors (Lipinski definition) is 3. The van der Waals surface area contributed by atoms with Crippen LogP contribution in [0.1, 0.15) is 0 Å². The Hall–Kier alpha value is 0.320. The van der Waals surface area contributed by atoms with Crippen LogP contribution in [-0.4, -0.2) is 33.5 Å². The fourth-order valence-electron chi connectivity index (χ4n) is 0.226. The number of halogens is 2. The van der Waals surface area contributed by atoms with E-state index < -0.39 is 0 Å². The molecule has 0 aliphatic carbocycles. The molecule has 0 rings (SSSR count). The van der Waals surface area contributed by atoms with E-state index in [1.165, 1.54) is 0 Å². The summed E-state index contributed by atoms with van der Waals surface area (Å²) in [5.41, 5.74) is 0. The second kappa shape index (κ2) is 10.3. The Morgan fingerprint density at radius 3 is 1.45 bits per heavy atom. The Bertz CT molecular complexity index is 117. The normalized spacial score (nSPS) is 7.27. The van der Waals surface area contributed by atoms with E-state index in [4.69, 9.17) is 10.2 Å². The molecule has 0 fully saturated rings. The first-order chi connectivity index (χ1) is 4.13. The van der Waals surface area contributed by atoms with Crippen LogP contribution in [0.25, 0.3) is 0 Å². The molecule has 0 aromatic heterocycles. The van der Waals surface area contributed by atoms with Crippen molar-refractivity contribution in [2.45, 2.75) is 0 Å². The molecule has 0 aliphatic rings. The van der Waals surface area contributed by atoms with Crippen LogP contribution in [0, 0.1) is 0 Å². The highest BCUT2D eigenvalue weighted by atomic mass is 35.5. The minimum atomic E-state index is -0.244. The van der Waals surface area contributed by atoms with Crippen molar-refractivity contribution in [1.29, 1.82) is 0 Å². The number of aliphatic hydroxyl groups excluding tert-OH is 2. The number of ether oxygens (including phenoxy) is 1. The predicted molar refractivity (Wildman–Crippen MR) is 55.8 cm³/mol. The SMILES string of the molecule is Cl.Cl.OC(=S)COCC(O)=S. The Kier molecular flexibility index (Phi) is 16.3. The topological polar surface area (TPSA) is 49.7 Å². The number of rotatable bonds is 4. The molecule has 0 unspecified atom stereocenters. The molecular weight excluding hydrogens is 231 g/mol. The first-order valence-electron chi connectivity index (χ1n) is 2.14. The van der Waals surface area contributed by atoms with Crippen LogP contribution in [0.15, 0.2) is 0 Å². The molecule has 0 amide bonds. The minimum Gasteiger partial charge on any atom is -0.500 e. The summed E-state index contributed by atoms with van der Waals surface area (Å²) in [5.74, 6) is 0. The lowest BCUT2D eigenvalue weighted by atomic mass is 10.7. The maximum Gasteiger partial charge on any atom is 0.183 e. The van der Waals surface area contributed by atoms with Crippen molar-refractivity contribution in [2.24, 2.45) is 0 Å². The summed E-state index contributed by atoms with van der Waals surface area (Å²) in [4.78, 5) is 0. The number of thiocarbonyl (C=S) groups is 2. The predicted octanol–water partition coefficient (Wildman–Crippen LogP) is 1.62. The zero-order valence-electron chi connectivity index (χ0n) is 5.35. The molecule has 0 heterocycles. The molecule has 0 bridgehead atoms. The largest absolute Gasteiger partial charge is 0.500 e. The third-order valence-electron chi connectivity index (χ3n) is 0.451. The maximum absolute atomic E-state index is 8.35. The van der Waals surface area contributed by atoms with E-state index in [9.17, 15) is 0 Å². The van der Waals surface area contributed by atoms with Crippen LogP contribution >= 0.6 is 49.2 Å². The van der Waals surface area contributed by atoms with Gasteiger partial charge in [0.25, 0.3) is 0 Å². The van der Waals surface area contributed by atoms with Gasteiger partial charge in [-0.15, -0.1) is 24.8 Å². The quantitative estimate of drug-likeness (QED) is 0.730. The molecule has 11 heavy (non-hydrogen) atoms. The Morgan fingerprint density at radius 1 is 1.00 bits per heavy atom. The van der Waals surface area contributed by atoms with Crippen molar-refractivity contribution in [1.82, 2.24) is 0 Å². The molecule has 0 aromatic carbocycles. The molecule has 68 valence electrons. The van der Waals surface area contributed by atoms with E-state index in [1.54, 1.807) is 0 Å². The van der Waals surface area contributed by atoms with Crippen LogP contribution in [0.4, 0.5) is 0 Å². The van der Waals surface area contributed by atoms with Gasteiger partial charge < -0.3 is 14.9 Å². The molecule has 0 saturated carbocycles. The third-order valence-corrected chi connectivity index (χ3v) is 0.687. The maximum atomic E-state index is 8.35. The van der Waals surface area contributed by atoms with Gasteiger partial charge >= 0.3 is 0 Å². The summed E-state index contributed by atoms with van der Waals surface area (Å²) in [7, 11) is 0. The second-order valence-electron chi connectivity index (χ2n) is 1.28. The molecule has 0 aliphatic heterocycles. The van der Waals surface area contributed by atoms with E-state index in [2.05, 4.69) is 29.2 Å². The Balaban J connectivity index is -0.000000320. The standard InChI is InChI=1S/C4H6O3S2.2ClH/c5-3(8)1-7-2-4(6)9;;/h1-2H2,(H,5,8)(H,6,9);2*1H. The van der Waals surface area contributed by atoms with Crippen LogP contribution in [0.3, 0.4) is 0 Å². The van der Waals surface area contributed by atoms with Gasteiger partial charge in [-0.05, 0) is 24.4 Å². The zero-order valence-corrected chi connectivity index (χ0v) is 8.62. The van der Waals surface area contributed by atoms with E-state index >= 15 is 0 Å². The van der Waals surface area contributed by atoms with E-state index in [-0.39, 0.29) is 48.1 Å². The van der Waals surface area contributed by atoms with Gasteiger partial charge in [0, 0.05) is 0 Å². The van der Waals surface area contributed by atoms with Gasteiger partial charge in [-0.25, -0.2) is 0 Å². The lowest BCUT2D eigenvalue weighted by Gasteiger charge is -1.96. The molecular formula is C4H8Cl2O3S2. The number of aliphatic hydroxyl groups is 2. The van der Waals surface area contributed by atoms with Crippen molar-refractivity contribution in [3.8, 4) is 0 Å². The fourth-order valence-corrected chi connectivity index (χ4v) is 0.392. The lowest BCUT2D eigenvalue weighted by Crippen LogP contribution is -2.10. The molecule has 0 saturated heterocycles. The van der Waals surface area contributed by atoms with Crippen LogP contribution in [0.2, 0.25) is 0 Å². The summed E-state index contributed by atoms with van der Waals surface area (Å²) in [6, 6.07) is 0. The summed E-state index contributed by atoms with van der Waals surface area (Å²) in [6.45, 7) is -0.119. The average molecular weight is 239 g/mol. The minimum absolute atomic E-state index is 0. The third kappa shape index (κ3) is 17.9. The van der Waals surface area contributed by atoms with Gasteiger partial charge in [-0.2, -0.15) is 0 Å². The second-order valence-corrected chi connectivity index (χ2v) is 2.22. The van der Waals surface area contributed by atoms with Crippen molar-refractivity contribution in [3.05, 3.63) is 0 Å². The number of hydrogen-bond donors (Lipinski definition) is 2. The Labute approximate surface area is 87.6 Å². The molecule has 7 heteroatoms. The first-order valence-corrected chi connectivity index (χ1v) is 2.96. The highest BCUT2D eigenvalue weighted by Gasteiger charge is 1.93. The van der Waals surface area contributed by atoms with Crippen molar-refractivity contribution in [3.63, 3.8) is 0 Å². The van der Waals surface area contributed by atoms with Gasteiger partial charge in [0.1, 0.15) is 13.2 Å². The van der Waals surface area contributed by atoms with Gasteiger partial charge in [0.05, 0.1) is 0 Å². The van der Waals surface area contributed by atoms with Crippen LogP contribution < -0.4 is 0 Å². The molecule has 0 atom stereocenters. The van der Waals surface area contributed by atoms with Gasteiger partial charge in [0.2, 0.25) is 0 Å². The molecule has 0 aromatic rings.